The standard InChI is InChI=1S/C27H31FN2O3.C23H23FN2O3/c1-17(2)26(32)19-12-15-21-23(16-19)29-22(8-6-7-9-24(31)33-27(3,4)5)25(30-21)18-10-13-20(28)14-11-18;1-14(2)23(29)16-9-12-18-20(13-16)25-19(5-3-4-6-21(27)28)22(26-18)15-7-10-17(24)11-8-15/h10-17H,6-9H2,1-5H3;7-14H,3-6H2,1-2H3,(H,27,28). The van der Waals surface area contributed by atoms with E-state index in [9.17, 15) is 28.0 Å². The van der Waals surface area contributed by atoms with Gasteiger partial charge < -0.3 is 9.84 Å². The number of carboxylic acid groups (broad SMARTS) is 1. The molecule has 12 heteroatoms. The van der Waals surface area contributed by atoms with Gasteiger partial charge in [0.05, 0.1) is 44.8 Å². The lowest BCUT2D eigenvalue weighted by Gasteiger charge is -2.19. The molecule has 0 saturated carbocycles. The molecule has 1 N–H and O–H groups in total. The van der Waals surface area contributed by atoms with Gasteiger partial charge in [-0.1, -0.05) is 27.7 Å². The summed E-state index contributed by atoms with van der Waals surface area (Å²) in [6.07, 6.45) is 4.12. The Labute approximate surface area is 361 Å². The average molecular weight is 845 g/mol. The Kier molecular flexibility index (Phi) is 15.8. The van der Waals surface area contributed by atoms with E-state index in [-0.39, 0.29) is 47.4 Å². The summed E-state index contributed by atoms with van der Waals surface area (Å²) in [6, 6.07) is 22.9. The summed E-state index contributed by atoms with van der Waals surface area (Å²) in [6.45, 7) is 13.0. The topological polar surface area (TPSA) is 149 Å². The SMILES string of the molecule is CC(C)C(=O)c1ccc2nc(-c3ccc(F)cc3)c(CCCCC(=O)O)nc2c1.CC(C)C(=O)c1ccc2nc(-c3ccc(F)cc3)c(CCCCC(=O)OC(C)(C)C)nc2c1. The number of hydrogen-bond donors (Lipinski definition) is 1. The molecular weight excluding hydrogens is 791 g/mol. The van der Waals surface area contributed by atoms with E-state index in [4.69, 9.17) is 29.8 Å². The second-order valence-corrected chi connectivity index (χ2v) is 16.9. The third kappa shape index (κ3) is 13.1. The van der Waals surface area contributed by atoms with Crippen molar-refractivity contribution in [2.24, 2.45) is 11.8 Å². The van der Waals surface area contributed by atoms with Gasteiger partial charge >= 0.3 is 11.9 Å². The summed E-state index contributed by atoms with van der Waals surface area (Å²) in [4.78, 5) is 66.6. The maximum atomic E-state index is 13.5. The first-order valence-electron chi connectivity index (χ1n) is 21.0. The number of benzene rings is 4. The van der Waals surface area contributed by atoms with Crippen LogP contribution in [0.25, 0.3) is 44.6 Å². The van der Waals surface area contributed by atoms with Gasteiger partial charge in [-0.2, -0.15) is 0 Å². The number of hydrogen-bond acceptors (Lipinski definition) is 9. The molecule has 0 spiro atoms. The molecule has 0 fully saturated rings. The van der Waals surface area contributed by atoms with Crippen LogP contribution in [-0.2, 0) is 27.2 Å². The fourth-order valence-corrected chi connectivity index (χ4v) is 6.70. The van der Waals surface area contributed by atoms with Crippen LogP contribution in [0.5, 0.6) is 0 Å². The summed E-state index contributed by atoms with van der Waals surface area (Å²) >= 11 is 0. The van der Waals surface area contributed by atoms with E-state index in [1.54, 1.807) is 60.7 Å². The second-order valence-electron chi connectivity index (χ2n) is 16.9. The Morgan fingerprint density at radius 3 is 1.34 bits per heavy atom. The van der Waals surface area contributed by atoms with Crippen LogP contribution in [-0.4, -0.2) is 54.1 Å². The highest BCUT2D eigenvalue weighted by Gasteiger charge is 2.19. The van der Waals surface area contributed by atoms with E-state index in [1.165, 1.54) is 24.3 Å². The first-order chi connectivity index (χ1) is 29.4. The normalized spacial score (nSPS) is 11.5. The molecule has 2 heterocycles. The van der Waals surface area contributed by atoms with Gasteiger partial charge in [0.2, 0.25) is 0 Å². The van der Waals surface area contributed by atoms with Crippen LogP contribution in [0.3, 0.4) is 0 Å². The van der Waals surface area contributed by atoms with Crippen LogP contribution in [0.2, 0.25) is 0 Å². The summed E-state index contributed by atoms with van der Waals surface area (Å²) in [5.74, 6) is -1.83. The van der Waals surface area contributed by atoms with Crippen molar-refractivity contribution in [2.45, 2.75) is 105 Å². The van der Waals surface area contributed by atoms with Gasteiger partial charge in [0.15, 0.2) is 11.6 Å². The molecule has 324 valence electrons. The summed E-state index contributed by atoms with van der Waals surface area (Å²) < 4.78 is 32.2. The second kappa shape index (κ2) is 21.0. The largest absolute Gasteiger partial charge is 0.481 e. The number of unbranched alkanes of at least 4 members (excludes halogenated alkanes) is 2. The predicted molar refractivity (Wildman–Crippen MR) is 237 cm³/mol. The number of aryl methyl sites for hydroxylation is 2. The molecule has 0 saturated heterocycles. The van der Waals surface area contributed by atoms with Crippen LogP contribution in [0.1, 0.15) is 119 Å². The molecule has 10 nitrogen and oxygen atoms in total. The van der Waals surface area contributed by atoms with Gasteiger partial charge in [0.1, 0.15) is 17.2 Å². The first-order valence-corrected chi connectivity index (χ1v) is 21.0. The minimum Gasteiger partial charge on any atom is -0.481 e. The van der Waals surface area contributed by atoms with Crippen LogP contribution in [0.15, 0.2) is 84.9 Å². The lowest BCUT2D eigenvalue weighted by Crippen LogP contribution is -2.23. The van der Waals surface area contributed by atoms with Gasteiger partial charge in [0, 0.05) is 46.9 Å². The third-order valence-corrected chi connectivity index (χ3v) is 9.84. The van der Waals surface area contributed by atoms with Crippen molar-refractivity contribution in [2.75, 3.05) is 0 Å². The molecule has 4 aromatic carbocycles. The lowest BCUT2D eigenvalue weighted by molar-refractivity contribution is -0.155. The maximum Gasteiger partial charge on any atom is 0.306 e. The van der Waals surface area contributed by atoms with E-state index < -0.39 is 11.6 Å². The average Bonchev–Trinajstić information content (AvgIpc) is 3.22. The van der Waals surface area contributed by atoms with Crippen LogP contribution < -0.4 is 0 Å². The minimum absolute atomic E-state index is 0.0410. The van der Waals surface area contributed by atoms with Crippen molar-refractivity contribution in [3.05, 3.63) is 119 Å². The fraction of sp³-hybridized carbons (Fsp3) is 0.360. The van der Waals surface area contributed by atoms with Crippen molar-refractivity contribution < 1.29 is 37.8 Å². The Balaban J connectivity index is 0.000000236. The molecule has 6 aromatic rings. The molecule has 0 radical (unpaired) electrons. The first kappa shape index (κ1) is 46.8. The van der Waals surface area contributed by atoms with Crippen molar-refractivity contribution in [1.82, 2.24) is 19.9 Å². The predicted octanol–water partition coefficient (Wildman–Crippen LogP) is 11.4. The number of ketones is 2. The number of ether oxygens (including phenoxy) is 1. The van der Waals surface area contributed by atoms with E-state index in [2.05, 4.69) is 0 Å². The van der Waals surface area contributed by atoms with Crippen LogP contribution >= 0.6 is 0 Å². The van der Waals surface area contributed by atoms with Crippen molar-refractivity contribution in [3.8, 4) is 22.5 Å². The van der Waals surface area contributed by atoms with E-state index >= 15 is 0 Å². The lowest BCUT2D eigenvalue weighted by atomic mass is 10.00. The van der Waals surface area contributed by atoms with Crippen molar-refractivity contribution >= 4 is 45.6 Å². The Morgan fingerprint density at radius 2 is 0.968 bits per heavy atom. The number of nitrogens with zero attached hydrogens (tertiary/aromatic N) is 4. The quantitative estimate of drug-likeness (QED) is 0.0566. The van der Waals surface area contributed by atoms with Gasteiger partial charge in [-0.15, -0.1) is 0 Å². The minimum atomic E-state index is -0.829. The molecule has 0 aliphatic rings. The highest BCUT2D eigenvalue weighted by Crippen LogP contribution is 2.28. The number of esters is 1. The van der Waals surface area contributed by atoms with Gasteiger partial charge in [-0.25, -0.2) is 28.7 Å². The number of halogens is 2. The van der Waals surface area contributed by atoms with Crippen LogP contribution in [0.4, 0.5) is 8.78 Å². The summed E-state index contributed by atoms with van der Waals surface area (Å²) in [7, 11) is 0. The number of aliphatic carboxylic acids is 1. The summed E-state index contributed by atoms with van der Waals surface area (Å²) in [5.41, 5.74) is 7.62. The number of rotatable bonds is 16. The Morgan fingerprint density at radius 1 is 0.565 bits per heavy atom. The fourth-order valence-electron chi connectivity index (χ4n) is 6.70. The van der Waals surface area contributed by atoms with E-state index in [0.717, 1.165) is 23.2 Å². The number of carbonyl (C=O) groups excluding carboxylic acids is 3. The van der Waals surface area contributed by atoms with Crippen molar-refractivity contribution in [3.63, 3.8) is 0 Å². The molecule has 0 unspecified atom stereocenters. The molecule has 0 aliphatic carbocycles. The zero-order valence-electron chi connectivity index (χ0n) is 36.4. The molecule has 0 aliphatic heterocycles. The number of Topliss-reactive ketones (excluding diaryl/α,β-unsaturated/α-hetero) is 2. The van der Waals surface area contributed by atoms with E-state index in [0.29, 0.717) is 88.8 Å². The molecule has 2 aromatic heterocycles. The molecule has 0 bridgehead atoms. The maximum absolute atomic E-state index is 13.5. The highest BCUT2D eigenvalue weighted by molar-refractivity contribution is 6.01. The summed E-state index contributed by atoms with van der Waals surface area (Å²) in [5, 5.41) is 8.84. The number of carboxylic acids is 1. The zero-order valence-corrected chi connectivity index (χ0v) is 36.4. The van der Waals surface area contributed by atoms with Gasteiger partial charge in [0.25, 0.3) is 0 Å². The van der Waals surface area contributed by atoms with Crippen LogP contribution in [0, 0.1) is 23.5 Å². The van der Waals surface area contributed by atoms with Gasteiger partial charge in [-0.05, 0) is 144 Å². The molecule has 6 rings (SSSR count). The number of fused-ring (bicyclic) bond motifs is 2. The monoisotopic (exact) mass is 844 g/mol. The number of carbonyl (C=O) groups is 4. The number of aromatic nitrogens is 4. The van der Waals surface area contributed by atoms with E-state index in [1.807, 2.05) is 48.5 Å². The van der Waals surface area contributed by atoms with Gasteiger partial charge in [-0.3, -0.25) is 19.2 Å². The highest BCUT2D eigenvalue weighted by atomic mass is 19.1. The zero-order chi connectivity index (χ0) is 45.1. The molecule has 62 heavy (non-hydrogen) atoms. The third-order valence-electron chi connectivity index (χ3n) is 9.84. The van der Waals surface area contributed by atoms with Crippen molar-refractivity contribution in [1.29, 1.82) is 0 Å². The molecular formula is C50H54F2N4O6. The molecule has 0 amide bonds. The smallest absolute Gasteiger partial charge is 0.306 e. The Hall–Kier alpha value is -6.30. The Bertz CT molecular complexity index is 2550. The molecule has 0 atom stereocenters.